The summed E-state index contributed by atoms with van der Waals surface area (Å²) in [5.41, 5.74) is 6.37. The maximum Gasteiger partial charge on any atom is 0.233 e. The van der Waals surface area contributed by atoms with Gasteiger partial charge in [-0.05, 0) is 24.1 Å². The van der Waals surface area contributed by atoms with Crippen molar-refractivity contribution in [1.29, 1.82) is 0 Å². The Morgan fingerprint density at radius 2 is 2.05 bits per heavy atom. The van der Waals surface area contributed by atoms with Gasteiger partial charge in [0.15, 0.2) is 5.84 Å². The molecular formula is C14H20FN3O2. The van der Waals surface area contributed by atoms with E-state index in [0.29, 0.717) is 13.0 Å². The van der Waals surface area contributed by atoms with E-state index in [1.165, 1.54) is 17.0 Å². The number of hydrogen-bond donors (Lipinski definition) is 2. The summed E-state index contributed by atoms with van der Waals surface area (Å²) in [7, 11) is 1.64. The number of carbonyl (C=O) groups excluding carboxylic acids is 1. The Morgan fingerprint density at radius 1 is 1.45 bits per heavy atom. The summed E-state index contributed by atoms with van der Waals surface area (Å²) >= 11 is 0. The fourth-order valence-electron chi connectivity index (χ4n) is 1.96. The standard InChI is InChI=1S/C14H20FN3O2/c1-3-4-12(13(16)17-20)14(19)18(2)9-10-5-7-11(15)8-6-10/h5-8,12,20H,3-4,9H2,1-2H3,(H2,16,17). The third-order valence-electron chi connectivity index (χ3n) is 3.06. The van der Waals surface area contributed by atoms with Crippen molar-refractivity contribution >= 4 is 11.7 Å². The van der Waals surface area contributed by atoms with E-state index >= 15 is 0 Å². The molecule has 1 aromatic carbocycles. The molecule has 3 N–H and O–H groups in total. The van der Waals surface area contributed by atoms with Crippen LogP contribution in [0.2, 0.25) is 0 Å². The Bertz CT molecular complexity index is 474. The lowest BCUT2D eigenvalue weighted by atomic mass is 10.0. The van der Waals surface area contributed by atoms with Gasteiger partial charge in [-0.2, -0.15) is 0 Å². The molecule has 20 heavy (non-hydrogen) atoms. The number of carbonyl (C=O) groups is 1. The van der Waals surface area contributed by atoms with Gasteiger partial charge in [0, 0.05) is 13.6 Å². The lowest BCUT2D eigenvalue weighted by Crippen LogP contribution is -2.39. The van der Waals surface area contributed by atoms with E-state index in [1.807, 2.05) is 6.92 Å². The first-order chi connectivity index (χ1) is 9.49. The van der Waals surface area contributed by atoms with Crippen LogP contribution in [0.15, 0.2) is 29.4 Å². The number of benzene rings is 1. The van der Waals surface area contributed by atoms with E-state index in [1.54, 1.807) is 19.2 Å². The number of rotatable bonds is 6. The van der Waals surface area contributed by atoms with Crippen LogP contribution >= 0.6 is 0 Å². The normalized spacial score (nSPS) is 13.1. The van der Waals surface area contributed by atoms with E-state index in [4.69, 9.17) is 10.9 Å². The van der Waals surface area contributed by atoms with Gasteiger partial charge < -0.3 is 15.8 Å². The largest absolute Gasteiger partial charge is 0.409 e. The first-order valence-electron chi connectivity index (χ1n) is 6.46. The minimum absolute atomic E-state index is 0.0807. The number of oxime groups is 1. The van der Waals surface area contributed by atoms with E-state index in [9.17, 15) is 9.18 Å². The summed E-state index contributed by atoms with van der Waals surface area (Å²) in [5.74, 6) is -1.24. The predicted molar refractivity (Wildman–Crippen MR) is 74.7 cm³/mol. The Hall–Kier alpha value is -2.11. The van der Waals surface area contributed by atoms with Gasteiger partial charge in [0.05, 0.1) is 5.92 Å². The predicted octanol–water partition coefficient (Wildman–Crippen LogP) is 1.95. The fourth-order valence-corrected chi connectivity index (χ4v) is 1.96. The third kappa shape index (κ3) is 4.22. The first-order valence-corrected chi connectivity index (χ1v) is 6.46. The van der Waals surface area contributed by atoms with Gasteiger partial charge in [-0.3, -0.25) is 4.79 Å². The molecule has 0 aliphatic heterocycles. The lowest BCUT2D eigenvalue weighted by Gasteiger charge is -2.23. The van der Waals surface area contributed by atoms with Crippen molar-refractivity contribution in [3.05, 3.63) is 35.6 Å². The zero-order valence-electron chi connectivity index (χ0n) is 11.7. The molecule has 6 heteroatoms. The fraction of sp³-hybridized carbons (Fsp3) is 0.429. The van der Waals surface area contributed by atoms with E-state index in [2.05, 4.69) is 5.16 Å². The maximum absolute atomic E-state index is 12.8. The van der Waals surface area contributed by atoms with Crippen LogP contribution in [-0.4, -0.2) is 28.9 Å². The van der Waals surface area contributed by atoms with E-state index < -0.39 is 5.92 Å². The highest BCUT2D eigenvalue weighted by atomic mass is 19.1. The van der Waals surface area contributed by atoms with Gasteiger partial charge in [0.1, 0.15) is 5.82 Å². The molecular weight excluding hydrogens is 261 g/mol. The molecule has 1 rings (SSSR count). The Kier molecular flexibility index (Phi) is 5.96. The van der Waals surface area contributed by atoms with Crippen molar-refractivity contribution in [2.45, 2.75) is 26.3 Å². The molecule has 0 saturated carbocycles. The smallest absolute Gasteiger partial charge is 0.233 e. The zero-order valence-corrected chi connectivity index (χ0v) is 11.7. The molecule has 0 aliphatic rings. The second-order valence-electron chi connectivity index (χ2n) is 4.69. The number of amidine groups is 1. The van der Waals surface area contributed by atoms with Crippen molar-refractivity contribution < 1.29 is 14.4 Å². The molecule has 0 fully saturated rings. The molecule has 0 aliphatic carbocycles. The number of halogens is 1. The van der Waals surface area contributed by atoms with Crippen LogP contribution in [0.4, 0.5) is 4.39 Å². The van der Waals surface area contributed by atoms with Crippen molar-refractivity contribution in [2.75, 3.05) is 7.05 Å². The second kappa shape index (κ2) is 7.47. The van der Waals surface area contributed by atoms with Crippen molar-refractivity contribution in [3.8, 4) is 0 Å². The van der Waals surface area contributed by atoms with Crippen LogP contribution in [-0.2, 0) is 11.3 Å². The average Bonchev–Trinajstić information content (AvgIpc) is 2.45. The monoisotopic (exact) mass is 281 g/mol. The molecule has 0 radical (unpaired) electrons. The molecule has 1 amide bonds. The molecule has 0 aromatic heterocycles. The summed E-state index contributed by atoms with van der Waals surface area (Å²) in [6.07, 6.45) is 1.26. The molecule has 0 heterocycles. The van der Waals surface area contributed by atoms with Gasteiger partial charge in [0.2, 0.25) is 5.91 Å². The molecule has 0 saturated heterocycles. The first kappa shape index (κ1) is 15.9. The Morgan fingerprint density at radius 3 is 2.55 bits per heavy atom. The van der Waals surface area contributed by atoms with Gasteiger partial charge >= 0.3 is 0 Å². The molecule has 0 spiro atoms. The van der Waals surface area contributed by atoms with Gasteiger partial charge in [-0.1, -0.05) is 30.6 Å². The zero-order chi connectivity index (χ0) is 15.1. The summed E-state index contributed by atoms with van der Waals surface area (Å²) < 4.78 is 12.8. The van der Waals surface area contributed by atoms with Crippen LogP contribution in [0, 0.1) is 11.7 Å². The van der Waals surface area contributed by atoms with Gasteiger partial charge in [0.25, 0.3) is 0 Å². The Labute approximate surface area is 117 Å². The summed E-state index contributed by atoms with van der Waals surface area (Å²) in [5, 5.41) is 11.7. The van der Waals surface area contributed by atoms with E-state index in [0.717, 1.165) is 12.0 Å². The highest BCUT2D eigenvalue weighted by molar-refractivity contribution is 6.01. The lowest BCUT2D eigenvalue weighted by molar-refractivity contribution is -0.132. The number of nitrogens with zero attached hydrogens (tertiary/aromatic N) is 2. The van der Waals surface area contributed by atoms with Crippen LogP contribution in [0.3, 0.4) is 0 Å². The molecule has 110 valence electrons. The van der Waals surface area contributed by atoms with Crippen molar-refractivity contribution in [1.82, 2.24) is 4.90 Å². The van der Waals surface area contributed by atoms with Gasteiger partial charge in [-0.15, -0.1) is 0 Å². The quantitative estimate of drug-likeness (QED) is 0.362. The average molecular weight is 281 g/mol. The number of hydrogen-bond acceptors (Lipinski definition) is 3. The minimum atomic E-state index is -0.629. The van der Waals surface area contributed by atoms with Gasteiger partial charge in [-0.25, -0.2) is 4.39 Å². The summed E-state index contributed by atoms with van der Waals surface area (Å²) in [4.78, 5) is 13.8. The van der Waals surface area contributed by atoms with E-state index in [-0.39, 0.29) is 17.6 Å². The van der Waals surface area contributed by atoms with Crippen LogP contribution in [0.1, 0.15) is 25.3 Å². The van der Waals surface area contributed by atoms with Crippen LogP contribution in [0.25, 0.3) is 0 Å². The summed E-state index contributed by atoms with van der Waals surface area (Å²) in [6.45, 7) is 2.27. The number of amides is 1. The van der Waals surface area contributed by atoms with Crippen LogP contribution in [0.5, 0.6) is 0 Å². The molecule has 5 nitrogen and oxygen atoms in total. The maximum atomic E-state index is 12.8. The molecule has 1 aromatic rings. The summed E-state index contributed by atoms with van der Waals surface area (Å²) in [6, 6.07) is 5.94. The second-order valence-corrected chi connectivity index (χ2v) is 4.69. The molecule has 0 bridgehead atoms. The highest BCUT2D eigenvalue weighted by Crippen LogP contribution is 2.13. The van der Waals surface area contributed by atoms with Crippen molar-refractivity contribution in [2.24, 2.45) is 16.8 Å². The molecule has 1 atom stereocenters. The SMILES string of the molecule is CCCC(C(=O)N(C)Cc1ccc(F)cc1)C(N)=NO. The minimum Gasteiger partial charge on any atom is -0.409 e. The topological polar surface area (TPSA) is 78.9 Å². The van der Waals surface area contributed by atoms with Crippen molar-refractivity contribution in [3.63, 3.8) is 0 Å². The molecule has 1 unspecified atom stereocenters. The Balaban J connectivity index is 2.76. The highest BCUT2D eigenvalue weighted by Gasteiger charge is 2.25. The third-order valence-corrected chi connectivity index (χ3v) is 3.06. The van der Waals surface area contributed by atoms with Crippen LogP contribution < -0.4 is 5.73 Å². The number of nitrogens with two attached hydrogens (primary N) is 1.